The zero-order chi connectivity index (χ0) is 21.4. The highest BCUT2D eigenvalue weighted by atomic mass is 79.9. The highest BCUT2D eigenvalue weighted by molar-refractivity contribution is 9.10. The maximum Gasteiger partial charge on any atom is 0.242 e. The smallest absolute Gasteiger partial charge is 0.242 e. The van der Waals surface area contributed by atoms with Gasteiger partial charge >= 0.3 is 0 Å². The fourth-order valence-corrected chi connectivity index (χ4v) is 4.05. The van der Waals surface area contributed by atoms with E-state index in [0.29, 0.717) is 17.3 Å². The normalized spacial score (nSPS) is 11.9. The van der Waals surface area contributed by atoms with Gasteiger partial charge in [-0.15, -0.1) is 11.8 Å². The summed E-state index contributed by atoms with van der Waals surface area (Å²) in [6.45, 7) is 5.85. The number of carbonyl (C=O) groups is 2. The Hall–Kier alpha value is -1.50. The molecule has 1 unspecified atom stereocenters. The van der Waals surface area contributed by atoms with Crippen LogP contribution in [0.1, 0.15) is 31.9 Å². The molecule has 1 N–H and O–H groups in total. The van der Waals surface area contributed by atoms with Crippen LogP contribution in [0.3, 0.4) is 0 Å². The molecule has 0 heterocycles. The van der Waals surface area contributed by atoms with Crippen LogP contribution in [0.5, 0.6) is 0 Å². The molecule has 2 aromatic rings. The summed E-state index contributed by atoms with van der Waals surface area (Å²) in [5.74, 6) is 0.766. The van der Waals surface area contributed by atoms with Crippen LogP contribution >= 0.6 is 39.3 Å². The van der Waals surface area contributed by atoms with E-state index in [9.17, 15) is 9.59 Å². The Morgan fingerprint density at radius 1 is 1.10 bits per heavy atom. The predicted molar refractivity (Wildman–Crippen MR) is 125 cm³/mol. The second-order valence-electron chi connectivity index (χ2n) is 7.07. The molecule has 0 spiro atoms. The maximum atomic E-state index is 13.0. The largest absolute Gasteiger partial charge is 0.352 e. The molecule has 2 amide bonds. The molecule has 0 fully saturated rings. The molecule has 0 radical (unpaired) electrons. The molecular weight excluding hydrogens is 472 g/mol. The summed E-state index contributed by atoms with van der Waals surface area (Å²) < 4.78 is 1.03. The van der Waals surface area contributed by atoms with Crippen LogP contribution in [0, 0.1) is 0 Å². The van der Waals surface area contributed by atoms with Gasteiger partial charge in [0.1, 0.15) is 6.04 Å². The van der Waals surface area contributed by atoms with Crippen molar-refractivity contribution in [3.05, 3.63) is 69.2 Å². The van der Waals surface area contributed by atoms with Crippen molar-refractivity contribution in [2.45, 2.75) is 45.2 Å². The lowest BCUT2D eigenvalue weighted by atomic mass is 10.1. The molecule has 1 atom stereocenters. The lowest BCUT2D eigenvalue weighted by Crippen LogP contribution is -2.49. The SMILES string of the molecule is CC(C)NC(=O)C(C)N(Cc1ccccc1Cl)C(=O)CSCc1ccc(Br)cc1. The molecule has 7 heteroatoms. The first-order valence-corrected chi connectivity index (χ1v) is 11.8. The summed E-state index contributed by atoms with van der Waals surface area (Å²) >= 11 is 11.2. The van der Waals surface area contributed by atoms with Crippen LogP contribution in [0.25, 0.3) is 0 Å². The van der Waals surface area contributed by atoms with Gasteiger partial charge < -0.3 is 10.2 Å². The van der Waals surface area contributed by atoms with Crippen molar-refractivity contribution in [1.82, 2.24) is 10.2 Å². The van der Waals surface area contributed by atoms with E-state index in [1.54, 1.807) is 17.9 Å². The van der Waals surface area contributed by atoms with Gasteiger partial charge in [0.05, 0.1) is 5.75 Å². The molecule has 0 aliphatic rings. The van der Waals surface area contributed by atoms with E-state index in [-0.39, 0.29) is 17.9 Å². The molecular formula is C22H26BrClN2O2S. The minimum absolute atomic E-state index is 0.00833. The zero-order valence-corrected chi connectivity index (χ0v) is 20.0. The summed E-state index contributed by atoms with van der Waals surface area (Å²) in [6, 6.07) is 14.9. The molecule has 0 aliphatic carbocycles. The van der Waals surface area contributed by atoms with E-state index in [1.807, 2.05) is 56.3 Å². The Balaban J connectivity index is 2.07. The van der Waals surface area contributed by atoms with Crippen LogP contribution < -0.4 is 5.32 Å². The molecule has 4 nitrogen and oxygen atoms in total. The number of thioether (sulfide) groups is 1. The molecule has 0 saturated carbocycles. The van der Waals surface area contributed by atoms with Gasteiger partial charge in [-0.1, -0.05) is 57.9 Å². The Morgan fingerprint density at radius 2 is 1.76 bits per heavy atom. The Labute approximate surface area is 190 Å². The van der Waals surface area contributed by atoms with Crippen molar-refractivity contribution >= 4 is 51.1 Å². The quantitative estimate of drug-likeness (QED) is 0.513. The van der Waals surface area contributed by atoms with Gasteiger partial charge in [0.15, 0.2) is 0 Å². The second-order valence-corrected chi connectivity index (χ2v) is 9.38. The van der Waals surface area contributed by atoms with E-state index in [1.165, 1.54) is 11.8 Å². The summed E-state index contributed by atoms with van der Waals surface area (Å²) in [6.07, 6.45) is 0. The van der Waals surface area contributed by atoms with Crippen molar-refractivity contribution in [3.8, 4) is 0 Å². The molecule has 156 valence electrons. The van der Waals surface area contributed by atoms with E-state index in [4.69, 9.17) is 11.6 Å². The molecule has 29 heavy (non-hydrogen) atoms. The molecule has 0 aromatic heterocycles. The number of rotatable bonds is 9. The number of hydrogen-bond donors (Lipinski definition) is 1. The highest BCUT2D eigenvalue weighted by Crippen LogP contribution is 2.21. The number of benzene rings is 2. The molecule has 2 rings (SSSR count). The fourth-order valence-electron chi connectivity index (χ4n) is 2.72. The lowest BCUT2D eigenvalue weighted by Gasteiger charge is -2.29. The van der Waals surface area contributed by atoms with Crippen LogP contribution in [0.2, 0.25) is 5.02 Å². The van der Waals surface area contributed by atoms with Crippen molar-refractivity contribution < 1.29 is 9.59 Å². The van der Waals surface area contributed by atoms with Crippen molar-refractivity contribution in [1.29, 1.82) is 0 Å². The van der Waals surface area contributed by atoms with Gasteiger partial charge in [0.25, 0.3) is 0 Å². The van der Waals surface area contributed by atoms with Gasteiger partial charge in [-0.3, -0.25) is 9.59 Å². The Kier molecular flexibility index (Phi) is 9.53. The number of nitrogens with zero attached hydrogens (tertiary/aromatic N) is 1. The molecule has 0 saturated heterocycles. The monoisotopic (exact) mass is 496 g/mol. The maximum absolute atomic E-state index is 13.0. The number of hydrogen-bond acceptors (Lipinski definition) is 3. The van der Waals surface area contributed by atoms with Gasteiger partial charge in [0.2, 0.25) is 11.8 Å². The standard InChI is InChI=1S/C22H26BrClN2O2S/c1-15(2)25-22(28)16(3)26(12-18-6-4-5-7-20(18)24)21(27)14-29-13-17-8-10-19(23)11-9-17/h4-11,15-16H,12-14H2,1-3H3,(H,25,28). The van der Waals surface area contributed by atoms with Crippen LogP contribution in [-0.4, -0.2) is 34.6 Å². The first-order chi connectivity index (χ1) is 13.8. The van der Waals surface area contributed by atoms with Crippen LogP contribution in [0.4, 0.5) is 0 Å². The van der Waals surface area contributed by atoms with Gasteiger partial charge in [-0.25, -0.2) is 0 Å². The molecule has 2 aromatic carbocycles. The number of amides is 2. The summed E-state index contributed by atoms with van der Waals surface area (Å²) in [4.78, 5) is 27.2. The second kappa shape index (κ2) is 11.6. The first-order valence-electron chi connectivity index (χ1n) is 9.43. The van der Waals surface area contributed by atoms with E-state index in [0.717, 1.165) is 21.4 Å². The summed E-state index contributed by atoms with van der Waals surface area (Å²) in [5, 5.41) is 3.48. The zero-order valence-electron chi connectivity index (χ0n) is 16.8. The van der Waals surface area contributed by atoms with Crippen molar-refractivity contribution in [2.24, 2.45) is 0 Å². The Morgan fingerprint density at radius 3 is 2.38 bits per heavy atom. The minimum atomic E-state index is -0.588. The third-order valence-electron chi connectivity index (χ3n) is 4.30. The van der Waals surface area contributed by atoms with Crippen LogP contribution in [-0.2, 0) is 21.9 Å². The van der Waals surface area contributed by atoms with Crippen molar-refractivity contribution in [3.63, 3.8) is 0 Å². The van der Waals surface area contributed by atoms with E-state index >= 15 is 0 Å². The van der Waals surface area contributed by atoms with E-state index < -0.39 is 6.04 Å². The van der Waals surface area contributed by atoms with Crippen LogP contribution in [0.15, 0.2) is 53.0 Å². The van der Waals surface area contributed by atoms with E-state index in [2.05, 4.69) is 21.2 Å². The van der Waals surface area contributed by atoms with Gasteiger partial charge in [0, 0.05) is 27.8 Å². The number of nitrogens with one attached hydrogen (secondary N) is 1. The molecule has 0 bridgehead atoms. The lowest BCUT2D eigenvalue weighted by molar-refractivity contribution is -0.138. The molecule has 0 aliphatic heterocycles. The topological polar surface area (TPSA) is 49.4 Å². The summed E-state index contributed by atoms with van der Waals surface area (Å²) in [5.41, 5.74) is 1.97. The average Bonchev–Trinajstić information content (AvgIpc) is 2.67. The van der Waals surface area contributed by atoms with Gasteiger partial charge in [-0.2, -0.15) is 0 Å². The average molecular weight is 498 g/mol. The number of carbonyl (C=O) groups excluding carboxylic acids is 2. The first kappa shape index (κ1) is 23.8. The predicted octanol–water partition coefficient (Wildman–Crippen LogP) is 5.28. The highest BCUT2D eigenvalue weighted by Gasteiger charge is 2.26. The van der Waals surface area contributed by atoms with Gasteiger partial charge in [-0.05, 0) is 50.1 Å². The third-order valence-corrected chi connectivity index (χ3v) is 6.19. The fraction of sp³-hybridized carbons (Fsp3) is 0.364. The Bertz CT molecular complexity index is 830. The number of halogens is 2. The summed E-state index contributed by atoms with van der Waals surface area (Å²) in [7, 11) is 0. The third kappa shape index (κ3) is 7.68. The minimum Gasteiger partial charge on any atom is -0.352 e. The van der Waals surface area contributed by atoms with Crippen molar-refractivity contribution in [2.75, 3.05) is 5.75 Å².